The molecule has 3 aromatic rings. The van der Waals surface area contributed by atoms with Crippen molar-refractivity contribution in [3.05, 3.63) is 70.6 Å². The molecule has 0 N–H and O–H groups in total. The Hall–Kier alpha value is -2.70. The van der Waals surface area contributed by atoms with Crippen molar-refractivity contribution in [2.75, 3.05) is 20.1 Å². The van der Waals surface area contributed by atoms with Gasteiger partial charge in [0.25, 0.3) is 5.91 Å². The van der Waals surface area contributed by atoms with Gasteiger partial charge in [0.2, 0.25) is 11.7 Å². The smallest absolute Gasteiger partial charge is 0.254 e. The summed E-state index contributed by atoms with van der Waals surface area (Å²) < 4.78 is 5.32. The maximum absolute atomic E-state index is 12.8. The first-order valence-corrected chi connectivity index (χ1v) is 11.0. The van der Waals surface area contributed by atoms with Crippen LogP contribution in [0.3, 0.4) is 0 Å². The van der Waals surface area contributed by atoms with Crippen LogP contribution in [-0.2, 0) is 13.1 Å². The fourth-order valence-corrected chi connectivity index (χ4v) is 4.02. The standard InChI is InChI=1S/C24H27ClN4O2/c1-17-11-13-29(14-12-17)15-18-7-9-19(10-8-18)24(30)28(2)16-22-26-23(27-31-22)20-5-3-4-6-21(20)25/h3-10,17H,11-16H2,1-2H3. The number of hydrogen-bond donors (Lipinski definition) is 0. The number of aromatic nitrogens is 2. The summed E-state index contributed by atoms with van der Waals surface area (Å²) in [5, 5.41) is 4.55. The van der Waals surface area contributed by atoms with E-state index in [4.69, 9.17) is 16.1 Å². The van der Waals surface area contributed by atoms with Crippen LogP contribution in [0.2, 0.25) is 5.02 Å². The summed E-state index contributed by atoms with van der Waals surface area (Å²) in [7, 11) is 1.73. The predicted molar refractivity (Wildman–Crippen MR) is 121 cm³/mol. The molecule has 0 bridgehead atoms. The maximum Gasteiger partial charge on any atom is 0.254 e. The average Bonchev–Trinajstić information content (AvgIpc) is 3.24. The highest BCUT2D eigenvalue weighted by Gasteiger charge is 2.18. The highest BCUT2D eigenvalue weighted by atomic mass is 35.5. The van der Waals surface area contributed by atoms with E-state index >= 15 is 0 Å². The minimum Gasteiger partial charge on any atom is -0.337 e. The molecule has 1 aliphatic heterocycles. The zero-order valence-corrected chi connectivity index (χ0v) is 18.7. The molecule has 0 saturated carbocycles. The van der Waals surface area contributed by atoms with Gasteiger partial charge in [-0.05, 0) is 61.7 Å². The minimum absolute atomic E-state index is 0.0872. The lowest BCUT2D eigenvalue weighted by molar-refractivity contribution is 0.0769. The van der Waals surface area contributed by atoms with E-state index in [1.165, 1.54) is 18.4 Å². The predicted octanol–water partition coefficient (Wildman–Crippen LogP) is 4.89. The van der Waals surface area contributed by atoms with Crippen LogP contribution in [0.1, 0.15) is 41.6 Å². The quantitative estimate of drug-likeness (QED) is 0.548. The lowest BCUT2D eigenvalue weighted by atomic mass is 9.99. The number of piperidine rings is 1. The largest absolute Gasteiger partial charge is 0.337 e. The molecule has 1 aliphatic rings. The van der Waals surface area contributed by atoms with Gasteiger partial charge in [0, 0.05) is 24.7 Å². The van der Waals surface area contributed by atoms with Crippen LogP contribution in [-0.4, -0.2) is 46.0 Å². The van der Waals surface area contributed by atoms with Crippen molar-refractivity contribution in [2.24, 2.45) is 5.92 Å². The van der Waals surface area contributed by atoms with Crippen molar-refractivity contribution in [3.63, 3.8) is 0 Å². The summed E-state index contributed by atoms with van der Waals surface area (Å²) in [6, 6.07) is 15.2. The van der Waals surface area contributed by atoms with E-state index in [0.717, 1.165) is 25.6 Å². The second-order valence-corrected chi connectivity index (χ2v) is 8.72. The Labute approximate surface area is 187 Å². The van der Waals surface area contributed by atoms with Gasteiger partial charge in [-0.3, -0.25) is 9.69 Å². The van der Waals surface area contributed by atoms with Crippen molar-refractivity contribution in [3.8, 4) is 11.4 Å². The first-order valence-electron chi connectivity index (χ1n) is 10.6. The zero-order chi connectivity index (χ0) is 21.8. The second kappa shape index (κ2) is 9.62. The molecule has 1 saturated heterocycles. The van der Waals surface area contributed by atoms with Gasteiger partial charge in [-0.2, -0.15) is 4.98 Å². The minimum atomic E-state index is -0.0872. The Bertz CT molecular complexity index is 1030. The van der Waals surface area contributed by atoms with Crippen molar-refractivity contribution < 1.29 is 9.32 Å². The Morgan fingerprint density at radius 1 is 1.16 bits per heavy atom. The number of likely N-dealkylation sites (tertiary alicyclic amines) is 1. The molecule has 7 heteroatoms. The molecule has 0 atom stereocenters. The maximum atomic E-state index is 12.8. The zero-order valence-electron chi connectivity index (χ0n) is 17.9. The Balaban J connectivity index is 1.35. The van der Waals surface area contributed by atoms with Gasteiger partial charge in [0.1, 0.15) is 0 Å². The highest BCUT2D eigenvalue weighted by molar-refractivity contribution is 6.33. The van der Waals surface area contributed by atoms with Gasteiger partial charge in [-0.1, -0.05) is 47.9 Å². The summed E-state index contributed by atoms with van der Waals surface area (Å²) in [5.74, 6) is 1.52. The van der Waals surface area contributed by atoms with Crippen LogP contribution < -0.4 is 0 Å². The number of nitrogens with zero attached hydrogens (tertiary/aromatic N) is 4. The average molecular weight is 439 g/mol. The van der Waals surface area contributed by atoms with Crippen LogP contribution in [0.25, 0.3) is 11.4 Å². The lowest BCUT2D eigenvalue weighted by Gasteiger charge is -2.30. The van der Waals surface area contributed by atoms with Gasteiger partial charge in [-0.25, -0.2) is 0 Å². The summed E-state index contributed by atoms with van der Waals surface area (Å²) >= 11 is 6.20. The number of carbonyl (C=O) groups excluding carboxylic acids is 1. The number of amides is 1. The summed E-state index contributed by atoms with van der Waals surface area (Å²) in [5.41, 5.74) is 2.58. The third-order valence-corrected chi connectivity index (χ3v) is 6.11. The normalized spacial score (nSPS) is 15.2. The molecule has 162 valence electrons. The molecule has 2 aromatic carbocycles. The molecular formula is C24H27ClN4O2. The molecule has 0 unspecified atom stereocenters. The van der Waals surface area contributed by atoms with E-state index in [2.05, 4.69) is 22.0 Å². The number of halogens is 1. The molecule has 6 nitrogen and oxygen atoms in total. The first-order chi connectivity index (χ1) is 15.0. The second-order valence-electron chi connectivity index (χ2n) is 8.31. The van der Waals surface area contributed by atoms with Gasteiger partial charge in [0.15, 0.2) is 0 Å². The fraction of sp³-hybridized carbons (Fsp3) is 0.375. The third kappa shape index (κ3) is 5.32. The molecule has 0 radical (unpaired) electrons. The Morgan fingerprint density at radius 3 is 2.58 bits per heavy atom. The fourth-order valence-electron chi connectivity index (χ4n) is 3.80. The topological polar surface area (TPSA) is 62.5 Å². The van der Waals surface area contributed by atoms with Crippen molar-refractivity contribution in [1.82, 2.24) is 19.9 Å². The van der Waals surface area contributed by atoms with Crippen LogP contribution in [0.4, 0.5) is 0 Å². The SMILES string of the molecule is CC1CCN(Cc2ccc(C(=O)N(C)Cc3nc(-c4ccccc4Cl)no3)cc2)CC1. The molecule has 1 amide bonds. The van der Waals surface area contributed by atoms with Crippen molar-refractivity contribution in [2.45, 2.75) is 32.9 Å². The Morgan fingerprint density at radius 2 is 1.87 bits per heavy atom. The van der Waals surface area contributed by atoms with Crippen molar-refractivity contribution >= 4 is 17.5 Å². The lowest BCUT2D eigenvalue weighted by Crippen LogP contribution is -2.32. The molecule has 31 heavy (non-hydrogen) atoms. The van der Waals surface area contributed by atoms with Crippen LogP contribution >= 0.6 is 11.6 Å². The van der Waals surface area contributed by atoms with E-state index < -0.39 is 0 Å². The van der Waals surface area contributed by atoms with Gasteiger partial charge in [-0.15, -0.1) is 0 Å². The van der Waals surface area contributed by atoms with Gasteiger partial charge >= 0.3 is 0 Å². The van der Waals surface area contributed by atoms with E-state index in [0.29, 0.717) is 27.9 Å². The number of carbonyl (C=O) groups is 1. The molecule has 0 aliphatic carbocycles. The molecular weight excluding hydrogens is 412 g/mol. The third-order valence-electron chi connectivity index (χ3n) is 5.79. The van der Waals surface area contributed by atoms with E-state index in [1.54, 1.807) is 18.0 Å². The van der Waals surface area contributed by atoms with E-state index in [1.807, 2.05) is 42.5 Å². The molecule has 4 rings (SSSR count). The molecule has 1 fully saturated rings. The van der Waals surface area contributed by atoms with Crippen LogP contribution in [0, 0.1) is 5.92 Å². The number of benzene rings is 2. The Kier molecular flexibility index (Phi) is 6.68. The summed E-state index contributed by atoms with van der Waals surface area (Å²) in [6.45, 7) is 5.77. The molecule has 2 heterocycles. The van der Waals surface area contributed by atoms with Crippen LogP contribution in [0.5, 0.6) is 0 Å². The number of rotatable bonds is 6. The monoisotopic (exact) mass is 438 g/mol. The molecule has 1 aromatic heterocycles. The van der Waals surface area contributed by atoms with E-state index in [-0.39, 0.29) is 12.5 Å². The van der Waals surface area contributed by atoms with Crippen LogP contribution in [0.15, 0.2) is 53.1 Å². The summed E-state index contributed by atoms with van der Waals surface area (Å²) in [4.78, 5) is 21.3. The summed E-state index contributed by atoms with van der Waals surface area (Å²) in [6.07, 6.45) is 2.52. The van der Waals surface area contributed by atoms with E-state index in [9.17, 15) is 4.79 Å². The van der Waals surface area contributed by atoms with Crippen molar-refractivity contribution in [1.29, 1.82) is 0 Å². The first kappa shape index (κ1) is 21.5. The number of hydrogen-bond acceptors (Lipinski definition) is 5. The highest BCUT2D eigenvalue weighted by Crippen LogP contribution is 2.25. The van der Waals surface area contributed by atoms with Gasteiger partial charge < -0.3 is 9.42 Å². The molecule has 0 spiro atoms. The van der Waals surface area contributed by atoms with Gasteiger partial charge in [0.05, 0.1) is 11.6 Å².